The Bertz CT molecular complexity index is 1620. The summed E-state index contributed by atoms with van der Waals surface area (Å²) in [4.78, 5) is 18.0. The highest BCUT2D eigenvalue weighted by Crippen LogP contribution is 2.34. The average molecular weight is 488 g/mol. The van der Waals surface area contributed by atoms with Crippen LogP contribution >= 0.6 is 23.2 Å². The molecule has 0 fully saturated rings. The monoisotopic (exact) mass is 487 g/mol. The van der Waals surface area contributed by atoms with Gasteiger partial charge in [-0.1, -0.05) is 59.5 Å². The van der Waals surface area contributed by atoms with E-state index >= 15 is 0 Å². The van der Waals surface area contributed by atoms with E-state index in [1.165, 1.54) is 10.9 Å². The van der Waals surface area contributed by atoms with Crippen LogP contribution < -0.4 is 10.3 Å². The summed E-state index contributed by atoms with van der Waals surface area (Å²) in [7, 11) is 0. The molecule has 0 radical (unpaired) electrons. The fraction of sp³-hybridized carbons (Fsp3) is 0.0385. The molecule has 0 bridgehead atoms. The number of aromatic nitrogens is 2. The molecule has 0 saturated heterocycles. The van der Waals surface area contributed by atoms with Crippen LogP contribution in [0.1, 0.15) is 5.56 Å². The molecule has 3 aromatic carbocycles. The summed E-state index contributed by atoms with van der Waals surface area (Å²) in [6.07, 6.45) is 6.70. The lowest BCUT2D eigenvalue weighted by Crippen LogP contribution is -2.20. The minimum absolute atomic E-state index is 0.0336. The van der Waals surface area contributed by atoms with Crippen LogP contribution in [0.5, 0.6) is 5.75 Å². The topological polar surface area (TPSA) is 69.6 Å². The van der Waals surface area contributed by atoms with Crippen molar-refractivity contribution in [2.24, 2.45) is 5.10 Å². The Morgan fingerprint density at radius 1 is 1.09 bits per heavy atom. The van der Waals surface area contributed by atoms with Crippen molar-refractivity contribution in [2.75, 3.05) is 6.61 Å². The number of nitrogens with zero attached hydrogens (tertiary/aromatic N) is 3. The Balaban J connectivity index is 1.65. The zero-order chi connectivity index (χ0) is 23.7. The van der Waals surface area contributed by atoms with Crippen molar-refractivity contribution in [2.45, 2.75) is 0 Å². The number of fused-ring (bicyclic) bond motifs is 2. The fourth-order valence-corrected chi connectivity index (χ4v) is 4.13. The second kappa shape index (κ2) is 9.06. The lowest BCUT2D eigenvalue weighted by molar-refractivity contribution is 0.371. The highest BCUT2D eigenvalue weighted by atomic mass is 35.5. The zero-order valence-electron chi connectivity index (χ0n) is 17.5. The van der Waals surface area contributed by atoms with E-state index in [1.54, 1.807) is 30.3 Å². The fourth-order valence-electron chi connectivity index (χ4n) is 3.51. The Kier molecular flexibility index (Phi) is 5.81. The molecule has 5 rings (SSSR count). The molecule has 0 amide bonds. The van der Waals surface area contributed by atoms with Crippen molar-refractivity contribution in [3.05, 3.63) is 92.7 Å². The molecular weight excluding hydrogens is 473 g/mol. The summed E-state index contributed by atoms with van der Waals surface area (Å²) in [5, 5.41) is 6.26. The number of hydrogen-bond acceptors (Lipinski definition) is 5. The first-order valence-corrected chi connectivity index (χ1v) is 10.9. The third kappa shape index (κ3) is 4.03. The van der Waals surface area contributed by atoms with E-state index in [0.717, 1.165) is 5.39 Å². The quantitative estimate of drug-likeness (QED) is 0.225. The Morgan fingerprint density at radius 3 is 2.59 bits per heavy atom. The number of terminal acetylenes is 1. The zero-order valence-corrected chi connectivity index (χ0v) is 19.0. The maximum absolute atomic E-state index is 13.3. The number of hydrogen-bond donors (Lipinski definition) is 0. The van der Waals surface area contributed by atoms with Gasteiger partial charge in [-0.3, -0.25) is 4.79 Å². The molecule has 2 heterocycles. The number of rotatable bonds is 5. The third-order valence-corrected chi connectivity index (χ3v) is 5.60. The summed E-state index contributed by atoms with van der Waals surface area (Å²) >= 11 is 12.6. The van der Waals surface area contributed by atoms with Crippen molar-refractivity contribution >= 4 is 51.3 Å². The third-order valence-electron chi connectivity index (χ3n) is 5.04. The second-order valence-corrected chi connectivity index (χ2v) is 8.08. The van der Waals surface area contributed by atoms with Gasteiger partial charge in [0.25, 0.3) is 5.56 Å². The van der Waals surface area contributed by atoms with Crippen molar-refractivity contribution in [3.8, 4) is 29.7 Å². The minimum Gasteiger partial charge on any atom is -0.478 e. The maximum atomic E-state index is 13.3. The first-order valence-electron chi connectivity index (χ1n) is 10.2. The van der Waals surface area contributed by atoms with Crippen LogP contribution in [0.15, 0.2) is 81.0 Å². The normalized spacial score (nSPS) is 11.3. The SMILES string of the molecule is C#CCOc1c(Cl)cc(C=Nn2c(-c3cc4ccccc4o3)nc3ccccc3c2=O)cc1Cl. The van der Waals surface area contributed by atoms with E-state index in [4.69, 9.17) is 38.8 Å². The molecule has 5 aromatic rings. The van der Waals surface area contributed by atoms with E-state index in [1.807, 2.05) is 36.4 Å². The molecule has 34 heavy (non-hydrogen) atoms. The highest BCUT2D eigenvalue weighted by Gasteiger charge is 2.16. The van der Waals surface area contributed by atoms with Crippen LogP contribution in [0.25, 0.3) is 33.5 Å². The van der Waals surface area contributed by atoms with Gasteiger partial charge in [-0.15, -0.1) is 6.42 Å². The van der Waals surface area contributed by atoms with Gasteiger partial charge in [0.2, 0.25) is 5.82 Å². The smallest absolute Gasteiger partial charge is 0.282 e. The standard InChI is InChI=1S/C26H15Cl2N3O3/c1-2-11-33-24-19(27)12-16(13-20(24)28)15-29-31-25(23-14-17-7-3-6-10-22(17)34-23)30-21-9-5-4-8-18(21)26(31)32/h1,3-10,12-15H,11H2. The maximum Gasteiger partial charge on any atom is 0.282 e. The van der Waals surface area contributed by atoms with Gasteiger partial charge in [0, 0.05) is 5.39 Å². The molecular formula is C26H15Cl2N3O3. The lowest BCUT2D eigenvalue weighted by atomic mass is 10.2. The van der Waals surface area contributed by atoms with E-state index in [-0.39, 0.29) is 33.8 Å². The van der Waals surface area contributed by atoms with E-state index in [9.17, 15) is 4.79 Å². The number of para-hydroxylation sites is 2. The van der Waals surface area contributed by atoms with Crippen LogP contribution in [0.4, 0.5) is 0 Å². The Morgan fingerprint density at radius 2 is 1.82 bits per heavy atom. The van der Waals surface area contributed by atoms with Crippen molar-refractivity contribution in [3.63, 3.8) is 0 Å². The van der Waals surface area contributed by atoms with Crippen molar-refractivity contribution in [1.29, 1.82) is 0 Å². The molecule has 0 aliphatic heterocycles. The predicted octanol–water partition coefficient (Wildman–Crippen LogP) is 6.01. The van der Waals surface area contributed by atoms with E-state index in [2.05, 4.69) is 16.0 Å². The molecule has 0 spiro atoms. The van der Waals surface area contributed by atoms with Crippen LogP contribution in [0, 0.1) is 12.3 Å². The Labute approximate surface area is 204 Å². The van der Waals surface area contributed by atoms with Gasteiger partial charge in [0.05, 0.1) is 27.2 Å². The number of halogens is 2. The summed E-state index contributed by atoms with van der Waals surface area (Å²) in [6, 6.07) is 19.7. The molecule has 0 aliphatic carbocycles. The summed E-state index contributed by atoms with van der Waals surface area (Å²) in [5.41, 5.74) is 1.43. The summed E-state index contributed by atoms with van der Waals surface area (Å²) in [6.45, 7) is 0.0336. The molecule has 0 saturated carbocycles. The largest absolute Gasteiger partial charge is 0.478 e. The molecule has 6 nitrogen and oxygen atoms in total. The molecule has 8 heteroatoms. The van der Waals surface area contributed by atoms with E-state index in [0.29, 0.717) is 27.8 Å². The summed E-state index contributed by atoms with van der Waals surface area (Å²) in [5.74, 6) is 3.33. The van der Waals surface area contributed by atoms with Gasteiger partial charge >= 0.3 is 0 Å². The second-order valence-electron chi connectivity index (χ2n) is 7.27. The van der Waals surface area contributed by atoms with Gasteiger partial charge in [0.1, 0.15) is 12.2 Å². The number of benzene rings is 3. The summed E-state index contributed by atoms with van der Waals surface area (Å²) < 4.78 is 12.6. The highest BCUT2D eigenvalue weighted by molar-refractivity contribution is 6.37. The predicted molar refractivity (Wildman–Crippen MR) is 135 cm³/mol. The average Bonchev–Trinajstić information content (AvgIpc) is 3.27. The Hall–Kier alpha value is -4.05. The van der Waals surface area contributed by atoms with Gasteiger partial charge < -0.3 is 9.15 Å². The van der Waals surface area contributed by atoms with Crippen molar-refractivity contribution in [1.82, 2.24) is 9.66 Å². The molecule has 0 atom stereocenters. The van der Waals surface area contributed by atoms with Crippen LogP contribution in [0.2, 0.25) is 10.0 Å². The molecule has 0 aliphatic rings. The van der Waals surface area contributed by atoms with Gasteiger partial charge in [0.15, 0.2) is 11.5 Å². The van der Waals surface area contributed by atoms with Gasteiger partial charge in [-0.05, 0) is 42.0 Å². The van der Waals surface area contributed by atoms with Crippen LogP contribution in [-0.4, -0.2) is 22.5 Å². The number of ether oxygens (including phenoxy) is 1. The lowest BCUT2D eigenvalue weighted by Gasteiger charge is -2.09. The van der Waals surface area contributed by atoms with Gasteiger partial charge in [-0.2, -0.15) is 9.78 Å². The minimum atomic E-state index is -0.344. The first-order chi connectivity index (χ1) is 16.5. The van der Waals surface area contributed by atoms with E-state index < -0.39 is 0 Å². The molecule has 0 N–H and O–H groups in total. The molecule has 0 unspecified atom stereocenters. The first kappa shape index (κ1) is 21.8. The van der Waals surface area contributed by atoms with Crippen molar-refractivity contribution < 1.29 is 9.15 Å². The molecule has 2 aromatic heterocycles. The number of furan rings is 1. The van der Waals surface area contributed by atoms with Crippen LogP contribution in [0.3, 0.4) is 0 Å². The van der Waals surface area contributed by atoms with Crippen LogP contribution in [-0.2, 0) is 0 Å². The van der Waals surface area contributed by atoms with Gasteiger partial charge in [-0.25, -0.2) is 4.98 Å². The molecule has 166 valence electrons.